The molecule has 2 heterocycles. The number of ether oxygens (including phenoxy) is 2. The highest BCUT2D eigenvalue weighted by Crippen LogP contribution is 2.46. The van der Waals surface area contributed by atoms with E-state index in [1.54, 1.807) is 42.5 Å². The van der Waals surface area contributed by atoms with Crippen molar-refractivity contribution in [2.24, 2.45) is 0 Å². The second-order valence-electron chi connectivity index (χ2n) is 8.36. The van der Waals surface area contributed by atoms with Gasteiger partial charge in [0.2, 0.25) is 0 Å². The molecule has 1 saturated heterocycles. The van der Waals surface area contributed by atoms with Gasteiger partial charge in [0.1, 0.15) is 11.6 Å². The molecule has 3 aromatic carbocycles. The van der Waals surface area contributed by atoms with E-state index in [1.807, 2.05) is 13.8 Å². The highest BCUT2D eigenvalue weighted by molar-refractivity contribution is 7.22. The Morgan fingerprint density at radius 2 is 1.74 bits per heavy atom. The van der Waals surface area contributed by atoms with Gasteiger partial charge in [0.15, 0.2) is 16.6 Å². The Morgan fingerprint density at radius 1 is 1.03 bits per heavy atom. The number of fused-ring (bicyclic) bond motifs is 1. The van der Waals surface area contributed by atoms with E-state index >= 15 is 0 Å². The molecule has 1 fully saturated rings. The van der Waals surface area contributed by atoms with Crippen LogP contribution in [-0.2, 0) is 9.59 Å². The average molecular weight is 553 g/mol. The first-order chi connectivity index (χ1) is 18.3. The Morgan fingerprint density at radius 3 is 2.45 bits per heavy atom. The summed E-state index contributed by atoms with van der Waals surface area (Å²) in [6.45, 7) is 4.45. The smallest absolute Gasteiger partial charge is 0.301 e. The standard InChI is InChI=1S/C28H22ClFN2O5S/c1-3-36-20-12-7-16(13-21(20)37-4-2)24-23(25(33)15-5-8-17(29)9-6-15)26(34)27(35)32(24)28-31-19-11-10-18(30)14-22(19)38-28/h5-14,24,33H,3-4H2,1-2H3/b25-23+. The van der Waals surface area contributed by atoms with Crippen molar-refractivity contribution >= 4 is 55.7 Å². The van der Waals surface area contributed by atoms with Crippen molar-refractivity contribution in [2.75, 3.05) is 18.1 Å². The minimum absolute atomic E-state index is 0.116. The van der Waals surface area contributed by atoms with Gasteiger partial charge in [-0.15, -0.1) is 0 Å². The van der Waals surface area contributed by atoms with E-state index in [2.05, 4.69) is 4.98 Å². The van der Waals surface area contributed by atoms with Crippen LogP contribution in [-0.4, -0.2) is 35.0 Å². The fraction of sp³-hybridized carbons (Fsp3) is 0.179. The molecule has 0 radical (unpaired) electrons. The second kappa shape index (κ2) is 10.4. The Hall–Kier alpha value is -3.95. The van der Waals surface area contributed by atoms with E-state index in [1.165, 1.54) is 23.1 Å². The zero-order chi connectivity index (χ0) is 27.0. The summed E-state index contributed by atoms with van der Waals surface area (Å²) in [5, 5.41) is 11.9. The molecule has 1 amide bonds. The number of hydrogen-bond donors (Lipinski definition) is 1. The Bertz CT molecular complexity index is 1580. The predicted octanol–water partition coefficient (Wildman–Crippen LogP) is 6.51. The first-order valence-corrected chi connectivity index (χ1v) is 13.0. The lowest BCUT2D eigenvalue weighted by Crippen LogP contribution is -2.29. The number of anilines is 1. The average Bonchev–Trinajstić information content (AvgIpc) is 3.43. The van der Waals surface area contributed by atoms with Crippen molar-refractivity contribution in [2.45, 2.75) is 19.9 Å². The van der Waals surface area contributed by atoms with Gasteiger partial charge in [0, 0.05) is 10.6 Å². The third kappa shape index (κ3) is 4.59. The van der Waals surface area contributed by atoms with Gasteiger partial charge in [-0.05, 0) is 74.0 Å². The van der Waals surface area contributed by atoms with Crippen LogP contribution in [0.2, 0.25) is 5.02 Å². The van der Waals surface area contributed by atoms with Crippen LogP contribution < -0.4 is 14.4 Å². The highest BCUT2D eigenvalue weighted by Gasteiger charge is 2.48. The lowest BCUT2D eigenvalue weighted by Gasteiger charge is -2.24. The highest BCUT2D eigenvalue weighted by atomic mass is 35.5. The molecule has 10 heteroatoms. The van der Waals surface area contributed by atoms with Crippen molar-refractivity contribution < 1.29 is 28.6 Å². The first-order valence-electron chi connectivity index (χ1n) is 11.8. The number of aliphatic hydroxyl groups excluding tert-OH is 1. The van der Waals surface area contributed by atoms with Crippen LogP contribution in [0.25, 0.3) is 16.0 Å². The normalized spacial score (nSPS) is 16.8. The lowest BCUT2D eigenvalue weighted by molar-refractivity contribution is -0.132. The number of Topliss-reactive ketones (excluding diaryl/α,β-unsaturated/α-hetero) is 1. The Labute approximate surface area is 226 Å². The van der Waals surface area contributed by atoms with Crippen molar-refractivity contribution in [1.29, 1.82) is 0 Å². The molecular formula is C28H22ClFN2O5S. The van der Waals surface area contributed by atoms with Crippen LogP contribution in [0.5, 0.6) is 11.5 Å². The number of carbonyl (C=O) groups is 2. The summed E-state index contributed by atoms with van der Waals surface area (Å²) in [6.07, 6.45) is 0. The van der Waals surface area contributed by atoms with E-state index in [4.69, 9.17) is 21.1 Å². The van der Waals surface area contributed by atoms with E-state index < -0.39 is 23.5 Å². The van der Waals surface area contributed by atoms with Crippen molar-refractivity contribution in [3.8, 4) is 11.5 Å². The van der Waals surface area contributed by atoms with Gasteiger partial charge in [-0.2, -0.15) is 0 Å². The molecule has 7 nitrogen and oxygen atoms in total. The van der Waals surface area contributed by atoms with Gasteiger partial charge >= 0.3 is 5.91 Å². The maximum absolute atomic E-state index is 13.9. The first kappa shape index (κ1) is 25.7. The van der Waals surface area contributed by atoms with Gasteiger partial charge in [-0.25, -0.2) is 9.37 Å². The molecule has 0 spiro atoms. The maximum atomic E-state index is 13.9. The van der Waals surface area contributed by atoms with Gasteiger partial charge in [-0.3, -0.25) is 14.5 Å². The zero-order valence-corrected chi connectivity index (χ0v) is 22.0. The summed E-state index contributed by atoms with van der Waals surface area (Å²) < 4.78 is 25.8. The van der Waals surface area contributed by atoms with Crippen LogP contribution in [0.3, 0.4) is 0 Å². The van der Waals surface area contributed by atoms with Crippen molar-refractivity contribution in [3.63, 3.8) is 0 Å². The molecule has 38 heavy (non-hydrogen) atoms. The van der Waals surface area contributed by atoms with Gasteiger partial charge in [-0.1, -0.05) is 29.0 Å². The number of benzene rings is 3. The van der Waals surface area contributed by atoms with Crippen molar-refractivity contribution in [3.05, 3.63) is 88.2 Å². The number of ketones is 1. The number of rotatable bonds is 7. The molecule has 1 unspecified atom stereocenters. The number of aliphatic hydroxyl groups is 1. The molecule has 194 valence electrons. The number of halogens is 2. The molecule has 1 atom stereocenters. The predicted molar refractivity (Wildman–Crippen MR) is 145 cm³/mol. The number of carbonyl (C=O) groups excluding carboxylic acids is 2. The van der Waals surface area contributed by atoms with Crippen LogP contribution in [0.1, 0.15) is 31.0 Å². The van der Waals surface area contributed by atoms with Crippen LogP contribution >= 0.6 is 22.9 Å². The van der Waals surface area contributed by atoms with Crippen molar-refractivity contribution in [1.82, 2.24) is 4.98 Å². The fourth-order valence-electron chi connectivity index (χ4n) is 4.34. The largest absolute Gasteiger partial charge is 0.507 e. The number of thiazole rings is 1. The van der Waals surface area contributed by atoms with E-state index in [-0.39, 0.29) is 16.5 Å². The Kier molecular flexibility index (Phi) is 7.05. The van der Waals surface area contributed by atoms with Gasteiger partial charge in [0.25, 0.3) is 5.78 Å². The van der Waals surface area contributed by atoms with Crippen LogP contribution in [0, 0.1) is 5.82 Å². The van der Waals surface area contributed by atoms with E-state index in [9.17, 15) is 19.1 Å². The van der Waals surface area contributed by atoms with Gasteiger partial charge in [0.05, 0.1) is 35.0 Å². The minimum atomic E-state index is -1.04. The lowest BCUT2D eigenvalue weighted by atomic mass is 9.95. The third-order valence-corrected chi connectivity index (χ3v) is 7.26. The summed E-state index contributed by atoms with van der Waals surface area (Å²) in [5.74, 6) is -1.61. The summed E-state index contributed by atoms with van der Waals surface area (Å²) in [4.78, 5) is 32.6. The summed E-state index contributed by atoms with van der Waals surface area (Å²) in [6, 6.07) is 14.4. The fourth-order valence-corrected chi connectivity index (χ4v) is 5.48. The summed E-state index contributed by atoms with van der Waals surface area (Å²) in [5.41, 5.74) is 1.18. The quantitative estimate of drug-likeness (QED) is 0.160. The van der Waals surface area contributed by atoms with Crippen LogP contribution in [0.4, 0.5) is 9.52 Å². The maximum Gasteiger partial charge on any atom is 0.301 e. The number of nitrogens with zero attached hydrogens (tertiary/aromatic N) is 2. The molecule has 1 aromatic heterocycles. The molecule has 1 aliphatic rings. The SMILES string of the molecule is CCOc1ccc(C2/C(=C(\O)c3ccc(Cl)cc3)C(=O)C(=O)N2c2nc3ccc(F)cc3s2)cc1OCC. The molecule has 0 aliphatic carbocycles. The monoisotopic (exact) mass is 552 g/mol. The molecule has 5 rings (SSSR count). The molecule has 1 aliphatic heterocycles. The van der Waals surface area contributed by atoms with E-state index in [0.717, 1.165) is 11.3 Å². The zero-order valence-electron chi connectivity index (χ0n) is 20.4. The Balaban J connectivity index is 1.73. The second-order valence-corrected chi connectivity index (χ2v) is 9.80. The topological polar surface area (TPSA) is 89.0 Å². The summed E-state index contributed by atoms with van der Waals surface area (Å²) in [7, 11) is 0. The van der Waals surface area contributed by atoms with E-state index in [0.29, 0.717) is 51.1 Å². The number of aromatic nitrogens is 1. The van der Waals surface area contributed by atoms with Crippen LogP contribution in [0.15, 0.2) is 66.2 Å². The third-order valence-electron chi connectivity index (χ3n) is 5.99. The minimum Gasteiger partial charge on any atom is -0.507 e. The van der Waals surface area contributed by atoms with Gasteiger partial charge < -0.3 is 14.6 Å². The number of amides is 1. The number of hydrogen-bond acceptors (Lipinski definition) is 7. The molecule has 4 aromatic rings. The molecule has 0 saturated carbocycles. The molecule has 0 bridgehead atoms. The molecule has 1 N–H and O–H groups in total. The summed E-state index contributed by atoms with van der Waals surface area (Å²) >= 11 is 7.08. The molecular weight excluding hydrogens is 531 g/mol.